The van der Waals surface area contributed by atoms with Gasteiger partial charge >= 0.3 is 0 Å². The highest BCUT2D eigenvalue weighted by Crippen LogP contribution is 2.61. The Bertz CT molecular complexity index is 651. The van der Waals surface area contributed by atoms with Gasteiger partial charge in [0.25, 0.3) is 5.91 Å². The van der Waals surface area contributed by atoms with Crippen LogP contribution in [0.4, 0.5) is 0 Å². The van der Waals surface area contributed by atoms with Crippen LogP contribution in [0.2, 0.25) is 0 Å². The van der Waals surface area contributed by atoms with Crippen LogP contribution in [0.15, 0.2) is 17.5 Å². The minimum absolute atomic E-state index is 0.0372. The lowest BCUT2D eigenvalue weighted by atomic mass is 9.49. The van der Waals surface area contributed by atoms with Crippen molar-refractivity contribution in [3.05, 3.63) is 22.4 Å². The smallest absolute Gasteiger partial charge is 0.279 e. The number of hydrogen-bond acceptors (Lipinski definition) is 4. The highest BCUT2D eigenvalue weighted by atomic mass is 32.1. The predicted molar refractivity (Wildman–Crippen MR) is 101 cm³/mol. The van der Waals surface area contributed by atoms with Crippen molar-refractivity contribution in [1.82, 2.24) is 16.2 Å². The Morgan fingerprint density at radius 3 is 2.32 bits per heavy atom. The maximum absolute atomic E-state index is 12.5. The molecule has 5 rings (SSSR count). The molecule has 0 aromatic carbocycles. The SMILES string of the molecule is O=C(CC12CC3CC(CC(C3)C1)C2)NC(=S)NNC(=O)c1cccs1. The number of thiophene rings is 1. The predicted octanol–water partition coefficient (Wildman–Crippen LogP) is 2.99. The molecule has 1 heterocycles. The molecule has 4 saturated carbocycles. The third-order valence-electron chi connectivity index (χ3n) is 5.99. The first-order chi connectivity index (χ1) is 12.0. The van der Waals surface area contributed by atoms with Crippen LogP contribution < -0.4 is 16.2 Å². The van der Waals surface area contributed by atoms with Crippen LogP contribution in [0.25, 0.3) is 0 Å². The number of hydrogen-bond donors (Lipinski definition) is 3. The van der Waals surface area contributed by atoms with Crippen molar-refractivity contribution in [2.24, 2.45) is 23.2 Å². The average Bonchev–Trinajstić information content (AvgIpc) is 3.05. The summed E-state index contributed by atoms with van der Waals surface area (Å²) >= 11 is 6.48. The van der Waals surface area contributed by atoms with Gasteiger partial charge in [0, 0.05) is 6.42 Å². The van der Waals surface area contributed by atoms with Crippen molar-refractivity contribution in [1.29, 1.82) is 0 Å². The quantitative estimate of drug-likeness (QED) is 0.559. The molecule has 4 bridgehead atoms. The number of hydrazine groups is 1. The maximum atomic E-state index is 12.5. The van der Waals surface area contributed by atoms with E-state index in [-0.39, 0.29) is 22.3 Å². The molecular formula is C18H23N3O2S2. The zero-order chi connectivity index (χ0) is 17.4. The molecule has 0 saturated heterocycles. The Labute approximate surface area is 156 Å². The minimum atomic E-state index is -0.257. The van der Waals surface area contributed by atoms with Gasteiger partial charge in [0.05, 0.1) is 4.88 Å². The zero-order valence-corrected chi connectivity index (χ0v) is 15.7. The summed E-state index contributed by atoms with van der Waals surface area (Å²) in [5.74, 6) is 2.19. The van der Waals surface area contributed by atoms with Crippen LogP contribution in [0.5, 0.6) is 0 Å². The number of carbonyl (C=O) groups is 2. The molecule has 0 aliphatic heterocycles. The largest absolute Gasteiger partial charge is 0.302 e. The minimum Gasteiger partial charge on any atom is -0.302 e. The Balaban J connectivity index is 1.26. The Morgan fingerprint density at radius 1 is 1.12 bits per heavy atom. The van der Waals surface area contributed by atoms with E-state index in [2.05, 4.69) is 16.2 Å². The third-order valence-corrected chi connectivity index (χ3v) is 7.06. The molecule has 0 atom stereocenters. The number of carbonyl (C=O) groups excluding carboxylic acids is 2. The highest BCUT2D eigenvalue weighted by molar-refractivity contribution is 7.80. The topological polar surface area (TPSA) is 70.2 Å². The average molecular weight is 378 g/mol. The summed E-state index contributed by atoms with van der Waals surface area (Å²) in [4.78, 5) is 24.9. The summed E-state index contributed by atoms with van der Waals surface area (Å²) in [6, 6.07) is 3.54. The van der Waals surface area contributed by atoms with Gasteiger partial charge in [0.1, 0.15) is 0 Å². The second-order valence-electron chi connectivity index (χ2n) is 8.03. The first-order valence-corrected chi connectivity index (χ1v) is 10.2. The number of amides is 2. The maximum Gasteiger partial charge on any atom is 0.279 e. The van der Waals surface area contributed by atoms with E-state index in [1.54, 1.807) is 6.07 Å². The summed E-state index contributed by atoms with van der Waals surface area (Å²) < 4.78 is 0. The van der Waals surface area contributed by atoms with Crippen LogP contribution in [-0.4, -0.2) is 16.9 Å². The van der Waals surface area contributed by atoms with Crippen molar-refractivity contribution >= 4 is 40.5 Å². The van der Waals surface area contributed by atoms with Gasteiger partial charge in [-0.15, -0.1) is 11.3 Å². The van der Waals surface area contributed by atoms with Gasteiger partial charge in [-0.05, 0) is 85.4 Å². The molecule has 25 heavy (non-hydrogen) atoms. The van der Waals surface area contributed by atoms with Gasteiger partial charge < -0.3 is 5.32 Å². The Hall–Kier alpha value is -1.47. The summed E-state index contributed by atoms with van der Waals surface area (Å²) in [6.45, 7) is 0. The van der Waals surface area contributed by atoms with Gasteiger partial charge in [-0.3, -0.25) is 20.4 Å². The van der Waals surface area contributed by atoms with E-state index in [4.69, 9.17) is 12.2 Å². The molecule has 1 aromatic rings. The van der Waals surface area contributed by atoms with E-state index in [1.807, 2.05) is 11.4 Å². The molecular weight excluding hydrogens is 354 g/mol. The molecule has 0 unspecified atom stereocenters. The summed E-state index contributed by atoms with van der Waals surface area (Å²) in [7, 11) is 0. The van der Waals surface area contributed by atoms with E-state index >= 15 is 0 Å². The van der Waals surface area contributed by atoms with E-state index in [1.165, 1.54) is 49.9 Å². The molecule has 0 spiro atoms. The van der Waals surface area contributed by atoms with Gasteiger partial charge in [0.2, 0.25) is 5.91 Å². The summed E-state index contributed by atoms with van der Waals surface area (Å²) in [6.07, 6.45) is 8.25. The fraction of sp³-hybridized carbons (Fsp3) is 0.611. The van der Waals surface area contributed by atoms with Crippen LogP contribution in [0, 0.1) is 23.2 Å². The molecule has 4 aliphatic rings. The van der Waals surface area contributed by atoms with Crippen molar-refractivity contribution in [3.63, 3.8) is 0 Å². The summed E-state index contributed by atoms with van der Waals surface area (Å²) in [5.41, 5.74) is 5.32. The monoisotopic (exact) mass is 377 g/mol. The lowest BCUT2D eigenvalue weighted by Crippen LogP contribution is -2.51. The first kappa shape index (κ1) is 17.0. The molecule has 0 radical (unpaired) electrons. The molecule has 4 fully saturated rings. The Kier molecular flexibility index (Phi) is 4.54. The molecule has 7 heteroatoms. The number of nitrogens with one attached hydrogen (secondary N) is 3. The molecule has 3 N–H and O–H groups in total. The Morgan fingerprint density at radius 2 is 1.76 bits per heavy atom. The van der Waals surface area contributed by atoms with Gasteiger partial charge in [-0.2, -0.15) is 0 Å². The fourth-order valence-corrected chi connectivity index (χ4v) is 6.42. The molecule has 134 valence electrons. The van der Waals surface area contributed by atoms with Gasteiger partial charge in [-0.1, -0.05) is 6.07 Å². The van der Waals surface area contributed by atoms with Crippen LogP contribution in [0.3, 0.4) is 0 Å². The van der Waals surface area contributed by atoms with Crippen molar-refractivity contribution in [3.8, 4) is 0 Å². The van der Waals surface area contributed by atoms with E-state index in [9.17, 15) is 9.59 Å². The lowest BCUT2D eigenvalue weighted by Gasteiger charge is -2.56. The number of thiocarbonyl (C=S) groups is 1. The molecule has 2 amide bonds. The van der Waals surface area contributed by atoms with Crippen LogP contribution >= 0.6 is 23.6 Å². The van der Waals surface area contributed by atoms with E-state index < -0.39 is 0 Å². The van der Waals surface area contributed by atoms with E-state index in [0.717, 1.165) is 17.8 Å². The van der Waals surface area contributed by atoms with Gasteiger partial charge in [-0.25, -0.2) is 0 Å². The van der Waals surface area contributed by atoms with Crippen LogP contribution in [0.1, 0.15) is 54.6 Å². The van der Waals surface area contributed by atoms with Crippen LogP contribution in [-0.2, 0) is 4.79 Å². The lowest BCUT2D eigenvalue weighted by molar-refractivity contribution is -0.128. The van der Waals surface area contributed by atoms with E-state index in [0.29, 0.717) is 11.3 Å². The highest BCUT2D eigenvalue weighted by Gasteiger charge is 2.51. The zero-order valence-electron chi connectivity index (χ0n) is 14.0. The van der Waals surface area contributed by atoms with Crippen molar-refractivity contribution in [2.75, 3.05) is 0 Å². The molecule has 1 aromatic heterocycles. The fourth-order valence-electron chi connectivity index (χ4n) is 5.63. The van der Waals surface area contributed by atoms with Crippen molar-refractivity contribution in [2.45, 2.75) is 44.9 Å². The molecule has 4 aliphatic carbocycles. The second kappa shape index (κ2) is 6.68. The molecule has 5 nitrogen and oxygen atoms in total. The third kappa shape index (κ3) is 3.72. The first-order valence-electron chi connectivity index (χ1n) is 8.95. The van der Waals surface area contributed by atoms with Crippen molar-refractivity contribution < 1.29 is 9.59 Å². The van der Waals surface area contributed by atoms with Gasteiger partial charge in [0.15, 0.2) is 5.11 Å². The standard InChI is InChI=1S/C18H23N3O2S2/c22-15(19-17(24)21-20-16(23)14-2-1-3-25-14)10-18-7-11-4-12(8-18)6-13(5-11)9-18/h1-3,11-13H,4-10H2,(H,20,23)(H2,19,21,22,24). The number of rotatable bonds is 3. The second-order valence-corrected chi connectivity index (χ2v) is 9.38. The summed E-state index contributed by atoms with van der Waals surface area (Å²) in [5, 5.41) is 4.71. The normalized spacial score (nSPS) is 32.2.